The highest BCUT2D eigenvalue weighted by Crippen LogP contribution is 2.22. The number of Topliss-reactive ketones (excluding diaryl/α,β-unsaturated/α-hetero) is 1. The highest BCUT2D eigenvalue weighted by atomic mass is 32.2. The molecular formula is C24H28N2O7S. The third-order valence-corrected chi connectivity index (χ3v) is 7.17. The van der Waals surface area contributed by atoms with E-state index >= 15 is 0 Å². The molecule has 1 fully saturated rings. The first kappa shape index (κ1) is 25.5. The molecule has 3 atom stereocenters. The fraction of sp³-hybridized carbons (Fsp3) is 0.375. The van der Waals surface area contributed by atoms with Gasteiger partial charge in [-0.05, 0) is 76.2 Å². The minimum atomic E-state index is -3.73. The van der Waals surface area contributed by atoms with Gasteiger partial charge in [0, 0.05) is 24.3 Å². The molecule has 0 aliphatic carbocycles. The number of rotatable bonds is 7. The van der Waals surface area contributed by atoms with Crippen molar-refractivity contribution in [1.29, 1.82) is 0 Å². The van der Waals surface area contributed by atoms with Gasteiger partial charge in [0.25, 0.3) is 5.91 Å². The minimum Gasteiger partial charge on any atom is -0.449 e. The largest absolute Gasteiger partial charge is 0.449 e. The SMILES string of the molecule is CC(=O)c1ccc(NC(=O)[C@H](C)OC(=O)c2ccc(S(=O)(=O)N3C[C@H](C)O[C@@H](C)C3)cc2)cc1. The fourth-order valence-corrected chi connectivity index (χ4v) is 5.14. The zero-order valence-electron chi connectivity index (χ0n) is 19.5. The van der Waals surface area contributed by atoms with Crippen LogP contribution in [0.4, 0.5) is 5.69 Å². The summed E-state index contributed by atoms with van der Waals surface area (Å²) in [5, 5.41) is 2.61. The van der Waals surface area contributed by atoms with Gasteiger partial charge in [-0.3, -0.25) is 9.59 Å². The van der Waals surface area contributed by atoms with Crippen molar-refractivity contribution >= 4 is 33.4 Å². The quantitative estimate of drug-likeness (QED) is 0.470. The highest BCUT2D eigenvalue weighted by molar-refractivity contribution is 7.89. The van der Waals surface area contributed by atoms with Gasteiger partial charge >= 0.3 is 5.97 Å². The van der Waals surface area contributed by atoms with E-state index in [-0.39, 0.29) is 41.5 Å². The van der Waals surface area contributed by atoms with Crippen molar-refractivity contribution in [2.45, 2.75) is 50.9 Å². The molecule has 1 heterocycles. The number of nitrogens with zero attached hydrogens (tertiary/aromatic N) is 1. The standard InChI is InChI=1S/C24H28N2O7S/c1-15-13-26(14-16(2)32-15)34(30,31)22-11-7-20(8-12-22)24(29)33-18(4)23(28)25-21-9-5-19(6-10-21)17(3)27/h5-12,15-16,18H,13-14H2,1-4H3,(H,25,28)/t15-,16-,18-/m0/s1. The van der Waals surface area contributed by atoms with Crippen LogP contribution < -0.4 is 5.32 Å². The van der Waals surface area contributed by atoms with Crippen molar-refractivity contribution in [3.8, 4) is 0 Å². The summed E-state index contributed by atoms with van der Waals surface area (Å²) in [5.74, 6) is -1.39. The van der Waals surface area contributed by atoms with E-state index in [9.17, 15) is 22.8 Å². The summed E-state index contributed by atoms with van der Waals surface area (Å²) < 4.78 is 38.1. The molecule has 0 bridgehead atoms. The van der Waals surface area contributed by atoms with E-state index in [1.54, 1.807) is 24.3 Å². The molecule has 0 aromatic heterocycles. The highest BCUT2D eigenvalue weighted by Gasteiger charge is 2.32. The summed E-state index contributed by atoms with van der Waals surface area (Å²) >= 11 is 0. The number of hydrogen-bond acceptors (Lipinski definition) is 7. The average molecular weight is 489 g/mol. The molecule has 1 saturated heterocycles. The summed E-state index contributed by atoms with van der Waals surface area (Å²) in [5.41, 5.74) is 1.09. The molecule has 1 amide bonds. The van der Waals surface area contributed by atoms with Gasteiger partial charge in [-0.25, -0.2) is 13.2 Å². The Balaban J connectivity index is 1.61. The average Bonchev–Trinajstić information content (AvgIpc) is 2.78. The van der Waals surface area contributed by atoms with E-state index < -0.39 is 28.0 Å². The molecule has 34 heavy (non-hydrogen) atoms. The summed E-state index contributed by atoms with van der Waals surface area (Å²) in [6, 6.07) is 11.7. The van der Waals surface area contributed by atoms with Crippen molar-refractivity contribution in [2.24, 2.45) is 0 Å². The number of carbonyl (C=O) groups is 3. The van der Waals surface area contributed by atoms with Crippen LogP contribution in [-0.2, 0) is 24.3 Å². The van der Waals surface area contributed by atoms with Crippen LogP contribution in [0.2, 0.25) is 0 Å². The minimum absolute atomic E-state index is 0.0603. The van der Waals surface area contributed by atoms with E-state index in [1.165, 1.54) is 42.4 Å². The number of ketones is 1. The fourth-order valence-electron chi connectivity index (χ4n) is 3.55. The van der Waals surface area contributed by atoms with E-state index in [4.69, 9.17) is 9.47 Å². The van der Waals surface area contributed by atoms with Crippen LogP contribution in [-0.4, -0.2) is 61.8 Å². The topological polar surface area (TPSA) is 119 Å². The number of sulfonamides is 1. The zero-order valence-corrected chi connectivity index (χ0v) is 20.3. The zero-order chi connectivity index (χ0) is 25.0. The molecule has 1 aliphatic heterocycles. The van der Waals surface area contributed by atoms with Crippen LogP contribution in [0.15, 0.2) is 53.4 Å². The molecule has 2 aromatic carbocycles. The van der Waals surface area contributed by atoms with Crippen molar-refractivity contribution in [2.75, 3.05) is 18.4 Å². The smallest absolute Gasteiger partial charge is 0.338 e. The first-order chi connectivity index (χ1) is 16.0. The molecule has 0 saturated carbocycles. The number of anilines is 1. The maximum absolute atomic E-state index is 12.9. The van der Waals surface area contributed by atoms with Crippen molar-refractivity contribution in [3.63, 3.8) is 0 Å². The molecule has 0 radical (unpaired) electrons. The van der Waals surface area contributed by atoms with E-state index in [2.05, 4.69) is 5.32 Å². The lowest BCUT2D eigenvalue weighted by atomic mass is 10.1. The van der Waals surface area contributed by atoms with Crippen LogP contribution in [0.5, 0.6) is 0 Å². The Kier molecular flexibility index (Phi) is 7.86. The summed E-state index contributed by atoms with van der Waals surface area (Å²) in [7, 11) is -3.73. The Morgan fingerprint density at radius 3 is 2.03 bits per heavy atom. The van der Waals surface area contributed by atoms with Gasteiger partial charge < -0.3 is 14.8 Å². The van der Waals surface area contributed by atoms with Crippen LogP contribution in [0.3, 0.4) is 0 Å². The number of amides is 1. The van der Waals surface area contributed by atoms with Gasteiger partial charge in [0.05, 0.1) is 22.7 Å². The Bertz CT molecular complexity index is 1150. The third-order valence-electron chi connectivity index (χ3n) is 5.33. The van der Waals surface area contributed by atoms with Crippen LogP contribution in [0.25, 0.3) is 0 Å². The van der Waals surface area contributed by atoms with Crippen molar-refractivity contribution in [1.82, 2.24) is 4.31 Å². The van der Waals surface area contributed by atoms with Crippen molar-refractivity contribution in [3.05, 3.63) is 59.7 Å². The molecule has 0 unspecified atom stereocenters. The number of hydrogen-bond donors (Lipinski definition) is 1. The Labute approximate surface area is 199 Å². The van der Waals surface area contributed by atoms with Crippen LogP contribution in [0, 0.1) is 0 Å². The molecule has 0 spiro atoms. The molecule has 1 N–H and O–H groups in total. The predicted molar refractivity (Wildman–Crippen MR) is 125 cm³/mol. The second-order valence-corrected chi connectivity index (χ2v) is 10.2. The summed E-state index contributed by atoms with van der Waals surface area (Å²) in [6.07, 6.45) is -1.53. The molecular weight excluding hydrogens is 460 g/mol. The maximum Gasteiger partial charge on any atom is 0.338 e. The molecule has 3 rings (SSSR count). The molecule has 1 aliphatic rings. The number of nitrogens with one attached hydrogen (secondary N) is 1. The second-order valence-electron chi connectivity index (χ2n) is 8.27. The number of esters is 1. The third kappa shape index (κ3) is 6.07. The van der Waals surface area contributed by atoms with E-state index in [0.29, 0.717) is 11.3 Å². The maximum atomic E-state index is 12.9. The number of morpholine rings is 1. The van der Waals surface area contributed by atoms with Crippen molar-refractivity contribution < 1.29 is 32.3 Å². The predicted octanol–water partition coefficient (Wildman–Crippen LogP) is 2.87. The molecule has 2 aromatic rings. The van der Waals surface area contributed by atoms with E-state index in [1.807, 2.05) is 13.8 Å². The lowest BCUT2D eigenvalue weighted by Crippen LogP contribution is -2.48. The number of carbonyl (C=O) groups excluding carboxylic acids is 3. The molecule has 10 heteroatoms. The monoisotopic (exact) mass is 488 g/mol. The summed E-state index contributed by atoms with van der Waals surface area (Å²) in [6.45, 7) is 7.00. The van der Waals surface area contributed by atoms with Gasteiger partial charge in [0.2, 0.25) is 10.0 Å². The first-order valence-corrected chi connectivity index (χ1v) is 12.3. The Morgan fingerprint density at radius 2 is 1.50 bits per heavy atom. The van der Waals surface area contributed by atoms with Gasteiger partial charge in [0.15, 0.2) is 11.9 Å². The molecule has 182 valence electrons. The van der Waals surface area contributed by atoms with Crippen LogP contribution >= 0.6 is 0 Å². The number of ether oxygens (including phenoxy) is 2. The van der Waals surface area contributed by atoms with Gasteiger partial charge in [0.1, 0.15) is 0 Å². The van der Waals surface area contributed by atoms with Gasteiger partial charge in [-0.1, -0.05) is 0 Å². The lowest BCUT2D eigenvalue weighted by molar-refractivity contribution is -0.123. The Morgan fingerprint density at radius 1 is 0.971 bits per heavy atom. The Hall–Kier alpha value is -3.08. The van der Waals surface area contributed by atoms with Gasteiger partial charge in [-0.15, -0.1) is 0 Å². The molecule has 9 nitrogen and oxygen atoms in total. The second kappa shape index (κ2) is 10.5. The van der Waals surface area contributed by atoms with E-state index in [0.717, 1.165) is 0 Å². The normalized spacial score (nSPS) is 19.8. The first-order valence-electron chi connectivity index (χ1n) is 10.9. The van der Waals surface area contributed by atoms with Gasteiger partial charge in [-0.2, -0.15) is 4.31 Å². The number of benzene rings is 2. The van der Waals surface area contributed by atoms with Crippen LogP contribution in [0.1, 0.15) is 48.4 Å². The lowest BCUT2D eigenvalue weighted by Gasteiger charge is -2.34. The summed E-state index contributed by atoms with van der Waals surface area (Å²) in [4.78, 5) is 36.2.